The first kappa shape index (κ1) is 10.4. The van der Waals surface area contributed by atoms with Crippen LogP contribution in [-0.4, -0.2) is 42.4 Å². The van der Waals surface area contributed by atoms with Crippen molar-refractivity contribution >= 4 is 11.8 Å². The lowest BCUT2D eigenvalue weighted by Crippen LogP contribution is -2.37. The van der Waals surface area contributed by atoms with Gasteiger partial charge in [-0.3, -0.25) is 9.59 Å². The molecule has 0 aromatic rings. The zero-order valence-electron chi connectivity index (χ0n) is 8.90. The van der Waals surface area contributed by atoms with Gasteiger partial charge in [-0.15, -0.1) is 0 Å². The maximum Gasteiger partial charge on any atom is 0.228 e. The third-order valence-corrected chi connectivity index (χ3v) is 3.31. The molecule has 0 aromatic heterocycles. The van der Waals surface area contributed by atoms with Crippen LogP contribution in [0.5, 0.6) is 0 Å². The van der Waals surface area contributed by atoms with Crippen molar-refractivity contribution in [3.63, 3.8) is 0 Å². The van der Waals surface area contributed by atoms with Gasteiger partial charge in [0.25, 0.3) is 0 Å². The molecule has 3 unspecified atom stereocenters. The number of amides is 2. The maximum atomic E-state index is 12.0. The topological polar surface area (TPSA) is 75.4 Å². The van der Waals surface area contributed by atoms with Gasteiger partial charge >= 0.3 is 0 Å². The Labute approximate surface area is 89.0 Å². The van der Waals surface area contributed by atoms with Crippen LogP contribution in [0.3, 0.4) is 0 Å². The van der Waals surface area contributed by atoms with Gasteiger partial charge in [0.1, 0.15) is 0 Å². The third kappa shape index (κ3) is 1.97. The van der Waals surface area contributed by atoms with E-state index in [1.165, 1.54) is 0 Å². The minimum Gasteiger partial charge on any atom is -0.355 e. The molecule has 2 rings (SSSR count). The van der Waals surface area contributed by atoms with Gasteiger partial charge in [-0.25, -0.2) is 0 Å². The summed E-state index contributed by atoms with van der Waals surface area (Å²) in [6.07, 6.45) is 0.332. The number of rotatable bonds is 1. The summed E-state index contributed by atoms with van der Waals surface area (Å²) in [6.45, 7) is 3.89. The summed E-state index contributed by atoms with van der Waals surface area (Å²) >= 11 is 0. The van der Waals surface area contributed by atoms with Crippen LogP contribution in [0.15, 0.2) is 0 Å². The molecule has 0 aromatic carbocycles. The largest absolute Gasteiger partial charge is 0.355 e. The number of nitrogens with one attached hydrogen (secondary N) is 1. The molecule has 15 heavy (non-hydrogen) atoms. The molecule has 2 aliphatic rings. The van der Waals surface area contributed by atoms with E-state index >= 15 is 0 Å². The van der Waals surface area contributed by atoms with Gasteiger partial charge < -0.3 is 16.0 Å². The van der Waals surface area contributed by atoms with Crippen molar-refractivity contribution in [2.45, 2.75) is 19.4 Å². The molecule has 2 aliphatic heterocycles. The monoisotopic (exact) mass is 211 g/mol. The molecule has 2 heterocycles. The number of likely N-dealkylation sites (tertiary alicyclic amines) is 1. The van der Waals surface area contributed by atoms with E-state index in [0.717, 1.165) is 6.54 Å². The van der Waals surface area contributed by atoms with E-state index in [0.29, 0.717) is 25.4 Å². The lowest BCUT2D eigenvalue weighted by Gasteiger charge is -2.19. The van der Waals surface area contributed by atoms with Crippen LogP contribution in [0.2, 0.25) is 0 Å². The number of nitrogens with two attached hydrogens (primary N) is 1. The van der Waals surface area contributed by atoms with E-state index in [1.54, 1.807) is 4.90 Å². The van der Waals surface area contributed by atoms with Crippen molar-refractivity contribution in [2.75, 3.05) is 19.6 Å². The summed E-state index contributed by atoms with van der Waals surface area (Å²) < 4.78 is 0. The third-order valence-electron chi connectivity index (χ3n) is 3.31. The predicted molar refractivity (Wildman–Crippen MR) is 54.8 cm³/mol. The molecule has 2 amide bonds. The average molecular weight is 211 g/mol. The van der Waals surface area contributed by atoms with Crippen LogP contribution in [0, 0.1) is 11.8 Å². The molecule has 3 atom stereocenters. The Morgan fingerprint density at radius 3 is 2.73 bits per heavy atom. The summed E-state index contributed by atoms with van der Waals surface area (Å²) in [7, 11) is 0. The van der Waals surface area contributed by atoms with Gasteiger partial charge in [-0.05, 0) is 5.92 Å². The fourth-order valence-electron chi connectivity index (χ4n) is 2.21. The SMILES string of the molecule is CC1CN(C(=O)C2CNC(=O)C2)CC1N. The zero-order chi connectivity index (χ0) is 11.0. The van der Waals surface area contributed by atoms with Crippen molar-refractivity contribution in [2.24, 2.45) is 17.6 Å². The first-order valence-electron chi connectivity index (χ1n) is 5.39. The van der Waals surface area contributed by atoms with Crippen LogP contribution < -0.4 is 11.1 Å². The summed E-state index contributed by atoms with van der Waals surface area (Å²) in [5.74, 6) is 0.243. The Morgan fingerprint density at radius 2 is 2.27 bits per heavy atom. The van der Waals surface area contributed by atoms with Crippen LogP contribution in [0.4, 0.5) is 0 Å². The molecule has 0 spiro atoms. The van der Waals surface area contributed by atoms with Crippen molar-refractivity contribution < 1.29 is 9.59 Å². The number of carbonyl (C=O) groups excluding carboxylic acids is 2. The van der Waals surface area contributed by atoms with Gasteiger partial charge in [-0.1, -0.05) is 6.92 Å². The predicted octanol–water partition coefficient (Wildman–Crippen LogP) is -1.07. The smallest absolute Gasteiger partial charge is 0.228 e. The maximum absolute atomic E-state index is 12.0. The zero-order valence-corrected chi connectivity index (χ0v) is 8.90. The van der Waals surface area contributed by atoms with E-state index in [2.05, 4.69) is 12.2 Å². The van der Waals surface area contributed by atoms with E-state index < -0.39 is 0 Å². The highest BCUT2D eigenvalue weighted by Crippen LogP contribution is 2.19. The van der Waals surface area contributed by atoms with Gasteiger partial charge in [0.15, 0.2) is 0 Å². The van der Waals surface area contributed by atoms with Gasteiger partial charge in [0.05, 0.1) is 5.92 Å². The minimum absolute atomic E-state index is 0.0232. The lowest BCUT2D eigenvalue weighted by molar-refractivity contribution is -0.134. The summed E-state index contributed by atoms with van der Waals surface area (Å²) in [4.78, 5) is 24.7. The minimum atomic E-state index is -0.171. The Balaban J connectivity index is 1.94. The van der Waals surface area contributed by atoms with E-state index in [9.17, 15) is 9.59 Å². The molecular formula is C10H17N3O2. The molecule has 5 heteroatoms. The van der Waals surface area contributed by atoms with Crippen molar-refractivity contribution in [3.8, 4) is 0 Å². The Bertz CT molecular complexity index is 282. The van der Waals surface area contributed by atoms with Crippen LogP contribution in [-0.2, 0) is 9.59 Å². The van der Waals surface area contributed by atoms with E-state index in [-0.39, 0.29) is 23.8 Å². The van der Waals surface area contributed by atoms with Gasteiger partial charge in [-0.2, -0.15) is 0 Å². The second-order valence-electron chi connectivity index (χ2n) is 4.59. The summed E-state index contributed by atoms with van der Waals surface area (Å²) in [6, 6.07) is 0.0824. The summed E-state index contributed by atoms with van der Waals surface area (Å²) in [5.41, 5.74) is 5.86. The second-order valence-corrected chi connectivity index (χ2v) is 4.59. The number of hydrogen-bond donors (Lipinski definition) is 2. The molecule has 0 bridgehead atoms. The van der Waals surface area contributed by atoms with E-state index in [1.807, 2.05) is 0 Å². The van der Waals surface area contributed by atoms with Crippen LogP contribution in [0.25, 0.3) is 0 Å². The van der Waals surface area contributed by atoms with Gasteiger partial charge in [0, 0.05) is 32.1 Å². The van der Waals surface area contributed by atoms with Crippen molar-refractivity contribution in [1.82, 2.24) is 10.2 Å². The Kier molecular flexibility index (Phi) is 2.65. The highest BCUT2D eigenvalue weighted by Gasteiger charge is 2.36. The van der Waals surface area contributed by atoms with Crippen LogP contribution in [0.1, 0.15) is 13.3 Å². The fourth-order valence-corrected chi connectivity index (χ4v) is 2.21. The molecule has 2 fully saturated rings. The first-order valence-corrected chi connectivity index (χ1v) is 5.39. The van der Waals surface area contributed by atoms with Crippen molar-refractivity contribution in [3.05, 3.63) is 0 Å². The molecule has 3 N–H and O–H groups in total. The molecule has 0 radical (unpaired) electrons. The van der Waals surface area contributed by atoms with Crippen molar-refractivity contribution in [1.29, 1.82) is 0 Å². The van der Waals surface area contributed by atoms with E-state index in [4.69, 9.17) is 5.73 Å². The summed E-state index contributed by atoms with van der Waals surface area (Å²) in [5, 5.41) is 2.68. The lowest BCUT2D eigenvalue weighted by atomic mass is 10.1. The first-order chi connectivity index (χ1) is 7.08. The standard InChI is InChI=1S/C10H17N3O2/c1-6-4-13(5-8(6)11)10(15)7-2-9(14)12-3-7/h6-8H,2-5,11H2,1H3,(H,12,14). The number of nitrogens with zero attached hydrogens (tertiary/aromatic N) is 1. The second kappa shape index (κ2) is 3.81. The fraction of sp³-hybridized carbons (Fsp3) is 0.800. The number of hydrogen-bond acceptors (Lipinski definition) is 3. The number of carbonyl (C=O) groups is 2. The van der Waals surface area contributed by atoms with Crippen LogP contribution >= 0.6 is 0 Å². The average Bonchev–Trinajstić information content (AvgIpc) is 2.74. The highest BCUT2D eigenvalue weighted by atomic mass is 16.2. The molecule has 0 saturated carbocycles. The molecule has 2 saturated heterocycles. The normalized spacial score (nSPS) is 35.7. The molecular weight excluding hydrogens is 194 g/mol. The van der Waals surface area contributed by atoms with Gasteiger partial charge in [0.2, 0.25) is 11.8 Å². The molecule has 0 aliphatic carbocycles. The Hall–Kier alpha value is -1.10. The molecule has 84 valence electrons. The molecule has 5 nitrogen and oxygen atoms in total. The quantitative estimate of drug-likeness (QED) is 0.580. The highest BCUT2D eigenvalue weighted by molar-refractivity contribution is 5.89. The Morgan fingerprint density at radius 1 is 1.53 bits per heavy atom.